The van der Waals surface area contributed by atoms with Crippen LogP contribution in [-0.4, -0.2) is 33.4 Å². The first-order valence-corrected chi connectivity index (χ1v) is 7.57. The smallest absolute Gasteiger partial charge is 0.342 e. The summed E-state index contributed by atoms with van der Waals surface area (Å²) in [5.41, 5.74) is 3.38. The van der Waals surface area contributed by atoms with Gasteiger partial charge in [-0.2, -0.15) is 0 Å². The zero-order chi connectivity index (χ0) is 13.4. The van der Waals surface area contributed by atoms with E-state index in [2.05, 4.69) is 14.5 Å². The van der Waals surface area contributed by atoms with Gasteiger partial charge in [0.05, 0.1) is 6.61 Å². The molecule has 2 aromatic heterocycles. The van der Waals surface area contributed by atoms with Crippen molar-refractivity contribution in [3.8, 4) is 0 Å². The maximum atomic E-state index is 12.2. The quantitative estimate of drug-likeness (QED) is 0.489. The number of aryl methyl sites for hydroxylation is 1. The third kappa shape index (κ3) is 1.82. The third-order valence-corrected chi connectivity index (χ3v) is 4.06. The zero-order valence-electron chi connectivity index (χ0n) is 11.0. The van der Waals surface area contributed by atoms with Gasteiger partial charge in [-0.05, 0) is 26.0 Å². The van der Waals surface area contributed by atoms with E-state index in [1.807, 2.05) is 13.2 Å². The van der Waals surface area contributed by atoms with E-state index in [1.165, 1.54) is 6.33 Å². The largest absolute Gasteiger partial charge is 0.462 e. The number of esters is 1. The average Bonchev–Trinajstić information content (AvgIpc) is 2.97. The molecular formula is C13H15N3O2S. The molecule has 0 spiro atoms. The summed E-state index contributed by atoms with van der Waals surface area (Å²) in [6.45, 7) is 3.12. The van der Waals surface area contributed by atoms with Crippen molar-refractivity contribution in [2.75, 3.05) is 12.9 Å². The molecule has 0 unspecified atom stereocenters. The summed E-state index contributed by atoms with van der Waals surface area (Å²) < 4.78 is 7.35. The van der Waals surface area contributed by atoms with Crippen molar-refractivity contribution >= 4 is 28.8 Å². The molecule has 19 heavy (non-hydrogen) atoms. The van der Waals surface area contributed by atoms with Crippen LogP contribution in [-0.2, 0) is 17.7 Å². The van der Waals surface area contributed by atoms with Gasteiger partial charge in [0.25, 0.3) is 0 Å². The molecule has 0 atom stereocenters. The fourth-order valence-electron chi connectivity index (χ4n) is 2.67. The highest BCUT2D eigenvalue weighted by molar-refractivity contribution is 7.98. The summed E-state index contributed by atoms with van der Waals surface area (Å²) >= 11 is 1.58. The second kappa shape index (κ2) is 4.85. The van der Waals surface area contributed by atoms with Crippen molar-refractivity contribution in [3.63, 3.8) is 0 Å². The Bertz CT molecular complexity index is 651. The lowest BCUT2D eigenvalue weighted by molar-refractivity contribution is 0.0527. The lowest BCUT2D eigenvalue weighted by atomic mass is 10.1. The second-order valence-electron chi connectivity index (χ2n) is 4.38. The molecule has 5 nitrogen and oxygen atoms in total. The summed E-state index contributed by atoms with van der Waals surface area (Å²) in [7, 11) is 0. The fourth-order valence-corrected chi connectivity index (χ4v) is 3.23. The van der Waals surface area contributed by atoms with Crippen LogP contribution in [0, 0.1) is 0 Å². The summed E-state index contributed by atoms with van der Waals surface area (Å²) in [5, 5.41) is 0.920. The molecule has 0 saturated carbocycles. The van der Waals surface area contributed by atoms with Crippen LogP contribution in [0.1, 0.15) is 29.4 Å². The summed E-state index contributed by atoms with van der Waals surface area (Å²) in [6.07, 6.45) is 5.46. The summed E-state index contributed by atoms with van der Waals surface area (Å²) in [5.74, 6) is -0.270. The van der Waals surface area contributed by atoms with Crippen molar-refractivity contribution < 1.29 is 9.53 Å². The minimum absolute atomic E-state index is 0.270. The first kappa shape index (κ1) is 12.5. The molecule has 0 bridgehead atoms. The van der Waals surface area contributed by atoms with Crippen LogP contribution >= 0.6 is 11.8 Å². The van der Waals surface area contributed by atoms with Gasteiger partial charge in [-0.3, -0.25) is 0 Å². The van der Waals surface area contributed by atoms with Gasteiger partial charge >= 0.3 is 5.97 Å². The van der Waals surface area contributed by atoms with Gasteiger partial charge in [-0.15, -0.1) is 11.8 Å². The van der Waals surface area contributed by atoms with E-state index >= 15 is 0 Å². The number of carbonyl (C=O) groups is 1. The number of hydrogen-bond donors (Lipinski definition) is 0. The number of nitrogens with zero attached hydrogens (tertiary/aromatic N) is 3. The minimum atomic E-state index is -0.270. The first-order valence-electron chi connectivity index (χ1n) is 6.35. The predicted octanol–water partition coefficient (Wildman–Crippen LogP) is 2.28. The molecule has 100 valence electrons. The van der Waals surface area contributed by atoms with Gasteiger partial charge in [0.15, 0.2) is 0 Å². The van der Waals surface area contributed by atoms with Crippen molar-refractivity contribution in [1.29, 1.82) is 0 Å². The maximum absolute atomic E-state index is 12.2. The SMILES string of the molecule is CCOC(=O)c1c2n(c3c(SC)ncnc13)CCC2. The Hall–Kier alpha value is -1.56. The molecule has 1 aliphatic heterocycles. The van der Waals surface area contributed by atoms with Gasteiger partial charge in [-0.25, -0.2) is 14.8 Å². The molecule has 0 aromatic carbocycles. The predicted molar refractivity (Wildman–Crippen MR) is 73.6 cm³/mol. The fraction of sp³-hybridized carbons (Fsp3) is 0.462. The minimum Gasteiger partial charge on any atom is -0.462 e. The molecule has 0 radical (unpaired) electrons. The van der Waals surface area contributed by atoms with Crippen LogP contribution in [0.2, 0.25) is 0 Å². The Morgan fingerprint density at radius 2 is 2.37 bits per heavy atom. The average molecular weight is 277 g/mol. The molecule has 2 aromatic rings. The molecule has 0 saturated heterocycles. The molecule has 1 aliphatic rings. The first-order chi connectivity index (χ1) is 9.27. The zero-order valence-corrected chi connectivity index (χ0v) is 11.8. The number of rotatable bonds is 3. The van der Waals surface area contributed by atoms with E-state index in [0.717, 1.165) is 41.1 Å². The molecule has 0 N–H and O–H groups in total. The number of ether oxygens (including phenoxy) is 1. The molecule has 6 heteroatoms. The van der Waals surface area contributed by atoms with Crippen molar-refractivity contribution in [1.82, 2.24) is 14.5 Å². The van der Waals surface area contributed by atoms with E-state index in [0.29, 0.717) is 12.2 Å². The van der Waals surface area contributed by atoms with Gasteiger partial charge < -0.3 is 9.30 Å². The second-order valence-corrected chi connectivity index (χ2v) is 5.17. The van der Waals surface area contributed by atoms with Crippen LogP contribution in [0.3, 0.4) is 0 Å². The summed E-state index contributed by atoms with van der Waals surface area (Å²) in [6, 6.07) is 0. The van der Waals surface area contributed by atoms with E-state index < -0.39 is 0 Å². The lowest BCUT2D eigenvalue weighted by Gasteiger charge is -2.02. The van der Waals surface area contributed by atoms with Gasteiger partial charge in [0, 0.05) is 12.2 Å². The molecule has 3 heterocycles. The topological polar surface area (TPSA) is 57.0 Å². The van der Waals surface area contributed by atoms with Crippen LogP contribution in [0.25, 0.3) is 11.0 Å². The van der Waals surface area contributed by atoms with Crippen molar-refractivity contribution in [2.24, 2.45) is 0 Å². The van der Waals surface area contributed by atoms with Crippen LogP contribution in [0.15, 0.2) is 11.4 Å². The van der Waals surface area contributed by atoms with E-state index in [9.17, 15) is 4.79 Å². The number of hydrogen-bond acceptors (Lipinski definition) is 5. The monoisotopic (exact) mass is 277 g/mol. The molecule has 0 amide bonds. The molecule has 0 fully saturated rings. The molecular weight excluding hydrogens is 262 g/mol. The van der Waals surface area contributed by atoms with Gasteiger partial charge in [-0.1, -0.05) is 0 Å². The van der Waals surface area contributed by atoms with Crippen LogP contribution in [0.5, 0.6) is 0 Å². The van der Waals surface area contributed by atoms with Crippen LogP contribution < -0.4 is 0 Å². The highest BCUT2D eigenvalue weighted by atomic mass is 32.2. The molecule has 0 aliphatic carbocycles. The van der Waals surface area contributed by atoms with E-state index in [1.54, 1.807) is 11.8 Å². The van der Waals surface area contributed by atoms with Crippen molar-refractivity contribution in [3.05, 3.63) is 17.6 Å². The number of aromatic nitrogens is 3. The van der Waals surface area contributed by atoms with Gasteiger partial charge in [0.2, 0.25) is 0 Å². The Morgan fingerprint density at radius 1 is 1.53 bits per heavy atom. The highest BCUT2D eigenvalue weighted by Crippen LogP contribution is 2.34. The van der Waals surface area contributed by atoms with E-state index in [-0.39, 0.29) is 5.97 Å². The number of thioether (sulfide) groups is 1. The van der Waals surface area contributed by atoms with E-state index in [4.69, 9.17) is 4.74 Å². The standard InChI is InChI=1S/C13H15N3O2S/c1-3-18-13(17)9-8-5-4-6-16(8)11-10(9)14-7-15-12(11)19-2/h7H,3-6H2,1-2H3. The highest BCUT2D eigenvalue weighted by Gasteiger charge is 2.28. The summed E-state index contributed by atoms with van der Waals surface area (Å²) in [4.78, 5) is 20.8. The Balaban J connectivity index is 2.30. The normalized spacial score (nSPS) is 13.8. The Labute approximate surface area is 115 Å². The Kier molecular flexibility index (Phi) is 3.18. The third-order valence-electron chi connectivity index (χ3n) is 3.38. The lowest BCUT2D eigenvalue weighted by Crippen LogP contribution is -2.07. The number of fused-ring (bicyclic) bond motifs is 3. The molecule has 3 rings (SSSR count). The maximum Gasteiger partial charge on any atom is 0.342 e. The van der Waals surface area contributed by atoms with Crippen molar-refractivity contribution in [2.45, 2.75) is 31.3 Å². The Morgan fingerprint density at radius 3 is 3.11 bits per heavy atom. The van der Waals surface area contributed by atoms with Crippen LogP contribution in [0.4, 0.5) is 0 Å². The van der Waals surface area contributed by atoms with Gasteiger partial charge in [0.1, 0.15) is 28.0 Å². The number of carbonyl (C=O) groups excluding carboxylic acids is 1.